The van der Waals surface area contributed by atoms with Gasteiger partial charge in [0.05, 0.1) is 23.6 Å². The van der Waals surface area contributed by atoms with Crippen molar-refractivity contribution in [2.45, 2.75) is 52.2 Å². The number of hydrogen-bond donors (Lipinski definition) is 1. The highest BCUT2D eigenvalue weighted by atomic mass is 35.5. The van der Waals surface area contributed by atoms with E-state index >= 15 is 0 Å². The number of ether oxygens (including phenoxy) is 1. The number of nitrogens with one attached hydrogen (secondary N) is 1. The van der Waals surface area contributed by atoms with Crippen LogP contribution in [0.1, 0.15) is 38.3 Å². The number of carbonyl (C=O) groups is 2. The number of rotatable bonds is 9. The van der Waals surface area contributed by atoms with Gasteiger partial charge in [0, 0.05) is 12.6 Å². The third-order valence-corrected chi connectivity index (χ3v) is 5.76. The van der Waals surface area contributed by atoms with Crippen molar-refractivity contribution in [2.75, 3.05) is 7.11 Å². The fourth-order valence-corrected chi connectivity index (χ4v) is 3.22. The topological polar surface area (TPSA) is 58.6 Å². The summed E-state index contributed by atoms with van der Waals surface area (Å²) in [7, 11) is 1.59. The number of hydrogen-bond acceptors (Lipinski definition) is 3. The fourth-order valence-electron chi connectivity index (χ4n) is 2.90. The molecular weight excluding hydrogens is 423 g/mol. The van der Waals surface area contributed by atoms with Crippen molar-refractivity contribution in [3.8, 4) is 5.75 Å². The van der Waals surface area contributed by atoms with Crippen LogP contribution in [0.25, 0.3) is 0 Å². The van der Waals surface area contributed by atoms with Gasteiger partial charge in [0.1, 0.15) is 11.8 Å². The van der Waals surface area contributed by atoms with Crippen LogP contribution in [-0.4, -0.2) is 35.9 Å². The maximum Gasteiger partial charge on any atom is 0.242 e. The molecule has 0 spiro atoms. The van der Waals surface area contributed by atoms with E-state index in [0.717, 1.165) is 23.3 Å². The molecule has 0 fully saturated rings. The van der Waals surface area contributed by atoms with Gasteiger partial charge in [0.2, 0.25) is 11.8 Å². The van der Waals surface area contributed by atoms with E-state index < -0.39 is 6.04 Å². The first-order valence-electron chi connectivity index (χ1n) is 9.91. The minimum Gasteiger partial charge on any atom is -0.497 e. The van der Waals surface area contributed by atoms with Gasteiger partial charge in [-0.15, -0.1) is 0 Å². The highest BCUT2D eigenvalue weighted by molar-refractivity contribution is 6.42. The molecule has 2 rings (SSSR count). The van der Waals surface area contributed by atoms with Crippen molar-refractivity contribution < 1.29 is 14.3 Å². The lowest BCUT2D eigenvalue weighted by molar-refractivity contribution is -0.140. The van der Waals surface area contributed by atoms with Gasteiger partial charge < -0.3 is 15.0 Å². The third kappa shape index (κ3) is 6.64. The minimum atomic E-state index is -0.640. The summed E-state index contributed by atoms with van der Waals surface area (Å²) in [6.45, 7) is 5.92. The quantitative estimate of drug-likeness (QED) is 0.592. The molecule has 0 heterocycles. The van der Waals surface area contributed by atoms with E-state index in [1.165, 1.54) is 0 Å². The normalized spacial score (nSPS) is 12.7. The van der Waals surface area contributed by atoms with Gasteiger partial charge >= 0.3 is 0 Å². The monoisotopic (exact) mass is 450 g/mol. The largest absolute Gasteiger partial charge is 0.497 e. The Kier molecular flexibility index (Phi) is 9.00. The van der Waals surface area contributed by atoms with E-state index in [1.54, 1.807) is 37.1 Å². The summed E-state index contributed by atoms with van der Waals surface area (Å²) < 4.78 is 5.17. The first kappa shape index (κ1) is 24.0. The summed E-state index contributed by atoms with van der Waals surface area (Å²) >= 11 is 12.1. The molecule has 0 aliphatic heterocycles. The molecule has 0 aliphatic rings. The Hall–Kier alpha value is -2.24. The van der Waals surface area contributed by atoms with E-state index in [1.807, 2.05) is 38.1 Å². The number of halogens is 2. The van der Waals surface area contributed by atoms with Crippen molar-refractivity contribution in [3.05, 3.63) is 63.6 Å². The molecule has 162 valence electrons. The van der Waals surface area contributed by atoms with Gasteiger partial charge in [-0.2, -0.15) is 0 Å². The summed E-state index contributed by atoms with van der Waals surface area (Å²) in [5, 5.41) is 3.81. The van der Waals surface area contributed by atoms with Crippen LogP contribution in [0.3, 0.4) is 0 Å². The summed E-state index contributed by atoms with van der Waals surface area (Å²) in [4.78, 5) is 27.5. The Morgan fingerprint density at radius 2 is 1.67 bits per heavy atom. The van der Waals surface area contributed by atoms with Crippen LogP contribution in [0.15, 0.2) is 42.5 Å². The van der Waals surface area contributed by atoms with Crippen LogP contribution in [0, 0.1) is 0 Å². The summed E-state index contributed by atoms with van der Waals surface area (Å²) in [6, 6.07) is 11.9. The Bertz CT molecular complexity index is 871. The van der Waals surface area contributed by atoms with Gasteiger partial charge in [-0.25, -0.2) is 0 Å². The molecule has 2 amide bonds. The molecular formula is C23H28Cl2N2O3. The SMILES string of the molecule is CCC(C)NC(=O)C(C)N(Cc1ccc(Cl)c(Cl)c1)C(=O)Cc1ccc(OC)cc1. The lowest BCUT2D eigenvalue weighted by atomic mass is 10.1. The zero-order chi connectivity index (χ0) is 22.3. The first-order chi connectivity index (χ1) is 14.2. The number of methoxy groups -OCH3 is 1. The van der Waals surface area contributed by atoms with E-state index in [2.05, 4.69) is 5.32 Å². The Morgan fingerprint density at radius 3 is 2.23 bits per heavy atom. The van der Waals surface area contributed by atoms with Crippen LogP contribution < -0.4 is 10.1 Å². The van der Waals surface area contributed by atoms with Gasteiger partial charge in [-0.3, -0.25) is 9.59 Å². The average molecular weight is 451 g/mol. The van der Waals surface area contributed by atoms with E-state index in [-0.39, 0.29) is 30.8 Å². The first-order valence-corrected chi connectivity index (χ1v) is 10.7. The summed E-state index contributed by atoms with van der Waals surface area (Å²) in [5.41, 5.74) is 1.64. The van der Waals surface area contributed by atoms with E-state index in [0.29, 0.717) is 10.0 Å². The van der Waals surface area contributed by atoms with Gasteiger partial charge in [-0.1, -0.05) is 48.3 Å². The molecule has 2 aromatic rings. The van der Waals surface area contributed by atoms with Crippen LogP contribution in [-0.2, 0) is 22.6 Å². The predicted octanol–water partition coefficient (Wildman–Crippen LogP) is 4.88. The second-order valence-electron chi connectivity index (χ2n) is 7.29. The van der Waals surface area contributed by atoms with Gasteiger partial charge in [0.25, 0.3) is 0 Å². The summed E-state index contributed by atoms with van der Waals surface area (Å²) in [5.74, 6) is 0.380. The van der Waals surface area contributed by atoms with Crippen LogP contribution in [0.5, 0.6) is 5.75 Å². The molecule has 0 aliphatic carbocycles. The van der Waals surface area contributed by atoms with Crippen LogP contribution in [0.2, 0.25) is 10.0 Å². The molecule has 0 saturated heterocycles. The van der Waals surface area contributed by atoms with Crippen LogP contribution in [0.4, 0.5) is 0 Å². The second kappa shape index (κ2) is 11.2. The molecule has 7 heteroatoms. The van der Waals surface area contributed by atoms with Crippen molar-refractivity contribution in [1.82, 2.24) is 10.2 Å². The number of amides is 2. The van der Waals surface area contributed by atoms with Crippen LogP contribution >= 0.6 is 23.2 Å². The standard InChI is InChI=1S/C23H28Cl2N2O3/c1-5-15(2)26-23(29)16(3)27(14-18-8-11-20(24)21(25)12-18)22(28)13-17-6-9-19(30-4)10-7-17/h6-12,15-16H,5,13-14H2,1-4H3,(H,26,29). The summed E-state index contributed by atoms with van der Waals surface area (Å²) in [6.07, 6.45) is 0.983. The number of nitrogens with zero attached hydrogens (tertiary/aromatic N) is 1. The maximum absolute atomic E-state index is 13.2. The van der Waals surface area contributed by atoms with Gasteiger partial charge in [-0.05, 0) is 55.7 Å². The second-order valence-corrected chi connectivity index (χ2v) is 8.10. The highest BCUT2D eigenvalue weighted by Gasteiger charge is 2.27. The molecule has 0 radical (unpaired) electrons. The lowest BCUT2D eigenvalue weighted by Crippen LogP contribution is -2.49. The zero-order valence-corrected chi connectivity index (χ0v) is 19.3. The molecule has 2 aromatic carbocycles. The molecule has 30 heavy (non-hydrogen) atoms. The van der Waals surface area contributed by atoms with Crippen molar-refractivity contribution >= 4 is 35.0 Å². The Morgan fingerprint density at radius 1 is 1.03 bits per heavy atom. The van der Waals surface area contributed by atoms with Crippen molar-refractivity contribution in [2.24, 2.45) is 0 Å². The minimum absolute atomic E-state index is 0.0310. The smallest absolute Gasteiger partial charge is 0.242 e. The third-order valence-electron chi connectivity index (χ3n) is 5.02. The molecule has 1 N–H and O–H groups in total. The van der Waals surface area contributed by atoms with E-state index in [4.69, 9.17) is 27.9 Å². The van der Waals surface area contributed by atoms with Crippen molar-refractivity contribution in [1.29, 1.82) is 0 Å². The van der Waals surface area contributed by atoms with Gasteiger partial charge in [0.15, 0.2) is 0 Å². The molecule has 0 saturated carbocycles. The zero-order valence-electron chi connectivity index (χ0n) is 17.7. The number of carbonyl (C=O) groups excluding carboxylic acids is 2. The predicted molar refractivity (Wildman–Crippen MR) is 121 cm³/mol. The fraction of sp³-hybridized carbons (Fsp3) is 0.391. The Labute approximate surface area is 188 Å². The lowest BCUT2D eigenvalue weighted by Gasteiger charge is -2.30. The Balaban J connectivity index is 2.24. The van der Waals surface area contributed by atoms with E-state index in [9.17, 15) is 9.59 Å². The highest BCUT2D eigenvalue weighted by Crippen LogP contribution is 2.24. The molecule has 0 bridgehead atoms. The molecule has 5 nitrogen and oxygen atoms in total. The molecule has 0 aromatic heterocycles. The maximum atomic E-state index is 13.2. The molecule has 2 unspecified atom stereocenters. The molecule has 2 atom stereocenters. The van der Waals surface area contributed by atoms with Crippen molar-refractivity contribution in [3.63, 3.8) is 0 Å². The average Bonchev–Trinajstić information content (AvgIpc) is 2.74. The number of benzene rings is 2.